The number of nitrogens with zero attached hydrogens (tertiary/aromatic N) is 1. The summed E-state index contributed by atoms with van der Waals surface area (Å²) in [6.45, 7) is 3.66. The second-order valence-corrected chi connectivity index (χ2v) is 5.86. The van der Waals surface area contributed by atoms with Crippen LogP contribution in [0, 0.1) is 11.6 Å². The van der Waals surface area contributed by atoms with Crippen molar-refractivity contribution in [3.8, 4) is 0 Å². The number of imide groups is 1. The number of carbonyl (C=O) groups is 2. The van der Waals surface area contributed by atoms with Gasteiger partial charge in [0, 0.05) is 16.6 Å². The minimum Gasteiger partial charge on any atom is -0.370 e. The van der Waals surface area contributed by atoms with Crippen molar-refractivity contribution in [3.05, 3.63) is 28.2 Å². The molecule has 1 aromatic rings. The number of rotatable bonds is 4. The maximum atomic E-state index is 13.8. The third-order valence-corrected chi connectivity index (χ3v) is 4.17. The van der Waals surface area contributed by atoms with Gasteiger partial charge in [-0.15, -0.1) is 0 Å². The predicted molar refractivity (Wildman–Crippen MR) is 77.7 cm³/mol. The fourth-order valence-corrected chi connectivity index (χ4v) is 2.79. The zero-order valence-electron chi connectivity index (χ0n) is 11.6. The Morgan fingerprint density at radius 2 is 2.10 bits per heavy atom. The molecule has 1 aliphatic rings. The molecule has 1 fully saturated rings. The van der Waals surface area contributed by atoms with Gasteiger partial charge in [0.05, 0.1) is 12.1 Å². The first-order valence-corrected chi connectivity index (χ1v) is 7.41. The summed E-state index contributed by atoms with van der Waals surface area (Å²) < 4.78 is 27.0. The van der Waals surface area contributed by atoms with Gasteiger partial charge >= 0.3 is 0 Å². The normalized spacial score (nSPS) is 20.0. The summed E-state index contributed by atoms with van der Waals surface area (Å²) in [6, 6.07) is 0.793. The maximum Gasteiger partial charge on any atom is 0.252 e. The molecule has 2 unspecified atom stereocenters. The third-order valence-electron chi connectivity index (χ3n) is 3.54. The van der Waals surface area contributed by atoms with Crippen molar-refractivity contribution >= 4 is 33.4 Å². The van der Waals surface area contributed by atoms with E-state index >= 15 is 0 Å². The Bertz CT molecular complexity index is 571. The first-order chi connectivity index (χ1) is 9.85. The Morgan fingerprint density at radius 3 is 2.67 bits per heavy atom. The quantitative estimate of drug-likeness (QED) is 0.839. The summed E-state index contributed by atoms with van der Waals surface area (Å²) >= 11 is 3.05. The fraction of sp³-hybridized carbons (Fsp3) is 0.429. The molecule has 2 atom stereocenters. The molecular weight excluding hydrogens is 346 g/mol. The molecule has 114 valence electrons. The number of halogens is 3. The smallest absolute Gasteiger partial charge is 0.252 e. The molecule has 0 saturated carbocycles. The summed E-state index contributed by atoms with van der Waals surface area (Å²) in [7, 11) is 0. The molecule has 0 aromatic heterocycles. The minimum atomic E-state index is -0.831. The van der Waals surface area contributed by atoms with Crippen LogP contribution in [0.4, 0.5) is 14.5 Å². The number of benzene rings is 1. The molecule has 1 aliphatic heterocycles. The molecule has 1 saturated heterocycles. The van der Waals surface area contributed by atoms with E-state index in [1.54, 1.807) is 6.92 Å². The minimum absolute atomic E-state index is 0.0199. The lowest BCUT2D eigenvalue weighted by molar-refractivity contribution is -0.140. The van der Waals surface area contributed by atoms with Crippen LogP contribution in [0.2, 0.25) is 0 Å². The van der Waals surface area contributed by atoms with E-state index in [9.17, 15) is 18.4 Å². The second kappa shape index (κ2) is 6.09. The Hall–Kier alpha value is -1.50. The van der Waals surface area contributed by atoms with Crippen molar-refractivity contribution in [2.45, 2.75) is 38.8 Å². The molecule has 4 nitrogen and oxygen atoms in total. The number of likely N-dealkylation sites (tertiary alicyclic amines) is 1. The predicted octanol–water partition coefficient (Wildman–Crippen LogP) is 3.07. The zero-order chi connectivity index (χ0) is 15.7. The Balaban J connectivity index is 2.22. The van der Waals surface area contributed by atoms with Crippen molar-refractivity contribution in [2.75, 3.05) is 5.32 Å². The van der Waals surface area contributed by atoms with Crippen molar-refractivity contribution in [3.63, 3.8) is 0 Å². The van der Waals surface area contributed by atoms with Crippen LogP contribution >= 0.6 is 15.9 Å². The molecule has 0 radical (unpaired) electrons. The molecule has 2 amide bonds. The lowest BCUT2D eigenvalue weighted by Gasteiger charge is -2.22. The number of nitrogens with one attached hydrogen (secondary N) is 1. The highest BCUT2D eigenvalue weighted by atomic mass is 79.9. The monoisotopic (exact) mass is 360 g/mol. The second-order valence-electron chi connectivity index (χ2n) is 5.00. The molecule has 21 heavy (non-hydrogen) atoms. The maximum absolute atomic E-state index is 13.8. The van der Waals surface area contributed by atoms with Crippen LogP contribution in [0.3, 0.4) is 0 Å². The number of anilines is 1. The molecule has 1 N–H and O–H groups in total. The van der Waals surface area contributed by atoms with Gasteiger partial charge in [-0.1, -0.05) is 6.92 Å². The van der Waals surface area contributed by atoms with Gasteiger partial charge in [0.1, 0.15) is 17.7 Å². The molecule has 0 aliphatic carbocycles. The van der Waals surface area contributed by atoms with E-state index in [0.717, 1.165) is 12.1 Å². The van der Waals surface area contributed by atoms with Gasteiger partial charge in [-0.2, -0.15) is 0 Å². The number of amides is 2. The molecule has 1 heterocycles. The molecule has 2 rings (SSSR count). The van der Waals surface area contributed by atoms with Crippen LogP contribution in [0.1, 0.15) is 26.7 Å². The zero-order valence-corrected chi connectivity index (χ0v) is 13.2. The van der Waals surface area contributed by atoms with E-state index in [1.165, 1.54) is 4.90 Å². The average molecular weight is 361 g/mol. The molecule has 0 spiro atoms. The first-order valence-electron chi connectivity index (χ1n) is 6.62. The van der Waals surface area contributed by atoms with Gasteiger partial charge in [0.2, 0.25) is 5.91 Å². The highest BCUT2D eigenvalue weighted by molar-refractivity contribution is 9.10. The van der Waals surface area contributed by atoms with Gasteiger partial charge in [-0.25, -0.2) is 8.78 Å². The first kappa shape index (κ1) is 15.9. The average Bonchev–Trinajstić information content (AvgIpc) is 2.68. The number of hydrogen-bond acceptors (Lipinski definition) is 3. The van der Waals surface area contributed by atoms with Crippen molar-refractivity contribution in [1.82, 2.24) is 4.90 Å². The van der Waals surface area contributed by atoms with Gasteiger partial charge in [0.15, 0.2) is 0 Å². The Morgan fingerprint density at radius 1 is 1.43 bits per heavy atom. The number of carbonyl (C=O) groups excluding carboxylic acids is 2. The molecular formula is C14H15BrF2N2O2. The van der Waals surface area contributed by atoms with Crippen molar-refractivity contribution in [1.29, 1.82) is 0 Å². The van der Waals surface area contributed by atoms with Crippen LogP contribution in [-0.4, -0.2) is 28.8 Å². The van der Waals surface area contributed by atoms with Gasteiger partial charge in [-0.3, -0.25) is 14.5 Å². The van der Waals surface area contributed by atoms with E-state index in [1.807, 2.05) is 6.92 Å². The summed E-state index contributed by atoms with van der Waals surface area (Å²) in [5.41, 5.74) is -0.0199. The van der Waals surface area contributed by atoms with Crippen molar-refractivity contribution < 1.29 is 18.4 Å². The van der Waals surface area contributed by atoms with Crippen LogP contribution in [0.15, 0.2) is 16.6 Å². The topological polar surface area (TPSA) is 49.4 Å². The highest BCUT2D eigenvalue weighted by Gasteiger charge is 2.41. The van der Waals surface area contributed by atoms with Crippen LogP contribution in [0.25, 0.3) is 0 Å². The van der Waals surface area contributed by atoms with E-state index in [2.05, 4.69) is 21.2 Å². The fourth-order valence-electron chi connectivity index (χ4n) is 2.26. The lowest BCUT2D eigenvalue weighted by atomic mass is 10.2. The van der Waals surface area contributed by atoms with Gasteiger partial charge < -0.3 is 5.32 Å². The summed E-state index contributed by atoms with van der Waals surface area (Å²) in [6.07, 6.45) is 0.616. The van der Waals surface area contributed by atoms with E-state index in [0.29, 0.717) is 6.42 Å². The van der Waals surface area contributed by atoms with Crippen LogP contribution in [-0.2, 0) is 9.59 Å². The highest BCUT2D eigenvalue weighted by Crippen LogP contribution is 2.30. The van der Waals surface area contributed by atoms with E-state index < -0.39 is 17.7 Å². The lowest BCUT2D eigenvalue weighted by Crippen LogP contribution is -2.40. The summed E-state index contributed by atoms with van der Waals surface area (Å²) in [5, 5.41) is 2.69. The van der Waals surface area contributed by atoms with E-state index in [-0.39, 0.29) is 34.4 Å². The van der Waals surface area contributed by atoms with E-state index in [4.69, 9.17) is 0 Å². The van der Waals surface area contributed by atoms with Gasteiger partial charge in [0.25, 0.3) is 5.91 Å². The molecule has 1 aromatic carbocycles. The standard InChI is InChI=1S/C14H15BrF2N2O2/c1-3-7(2)19-12(20)6-11(14(19)21)18-13-9(15)4-8(16)5-10(13)17/h4-5,7,11,18H,3,6H2,1-2H3. The third kappa shape index (κ3) is 3.07. The Labute approximate surface area is 129 Å². The van der Waals surface area contributed by atoms with Gasteiger partial charge in [-0.05, 0) is 35.3 Å². The SMILES string of the molecule is CCC(C)N1C(=O)CC(Nc2c(F)cc(F)cc2Br)C1=O. The van der Waals surface area contributed by atoms with Crippen LogP contribution in [0.5, 0.6) is 0 Å². The van der Waals surface area contributed by atoms with Crippen molar-refractivity contribution in [2.24, 2.45) is 0 Å². The summed E-state index contributed by atoms with van der Waals surface area (Å²) in [4.78, 5) is 25.4. The largest absolute Gasteiger partial charge is 0.370 e. The molecule has 7 heteroatoms. The summed E-state index contributed by atoms with van der Waals surface area (Å²) in [5.74, 6) is -2.21. The number of hydrogen-bond donors (Lipinski definition) is 1. The van der Waals surface area contributed by atoms with Crippen LogP contribution < -0.4 is 5.32 Å². The Kier molecular flexibility index (Phi) is 4.61. The molecule has 0 bridgehead atoms.